The summed E-state index contributed by atoms with van der Waals surface area (Å²) in [5, 5.41) is 4.36. The first-order valence-corrected chi connectivity index (χ1v) is 6.88. The number of thiocarbonyl (C=S) groups is 1. The van der Waals surface area contributed by atoms with Crippen molar-refractivity contribution in [3.05, 3.63) is 51.0 Å². The lowest BCUT2D eigenvalue weighted by molar-refractivity contribution is 0.578. The molecule has 3 nitrogen and oxygen atoms in total. The van der Waals surface area contributed by atoms with Gasteiger partial charge in [0.15, 0.2) is 0 Å². The summed E-state index contributed by atoms with van der Waals surface area (Å²) in [4.78, 5) is 0.194. The molecule has 2 rings (SSSR count). The Morgan fingerprint density at radius 1 is 1.47 bits per heavy atom. The van der Waals surface area contributed by atoms with Gasteiger partial charge >= 0.3 is 0 Å². The van der Waals surface area contributed by atoms with Gasteiger partial charge in [-0.25, -0.2) is 4.39 Å². The molecule has 0 spiro atoms. The van der Waals surface area contributed by atoms with Crippen molar-refractivity contribution in [1.29, 1.82) is 0 Å². The number of halogens is 2. The first-order chi connectivity index (χ1) is 8.90. The van der Waals surface area contributed by atoms with Crippen LogP contribution in [0.5, 0.6) is 0 Å². The SMILES string of the molecule is Cc1nn(Cc2ccc(C(N)=S)cc2F)c(C)c1Br. The molecular formula is C13H13BrFN3S. The molecule has 19 heavy (non-hydrogen) atoms. The molecule has 0 saturated carbocycles. The Balaban J connectivity index is 2.33. The van der Waals surface area contributed by atoms with E-state index in [0.717, 1.165) is 15.9 Å². The third-order valence-corrected chi connectivity index (χ3v) is 4.33. The van der Waals surface area contributed by atoms with Gasteiger partial charge in [-0.05, 0) is 35.8 Å². The zero-order chi connectivity index (χ0) is 14.2. The van der Waals surface area contributed by atoms with Crippen LogP contribution in [0.15, 0.2) is 22.7 Å². The molecule has 0 saturated heterocycles. The highest BCUT2D eigenvalue weighted by atomic mass is 79.9. The van der Waals surface area contributed by atoms with Gasteiger partial charge in [-0.2, -0.15) is 5.10 Å². The number of rotatable bonds is 3. The fourth-order valence-electron chi connectivity index (χ4n) is 1.82. The van der Waals surface area contributed by atoms with Crippen LogP contribution in [0, 0.1) is 19.7 Å². The summed E-state index contributed by atoms with van der Waals surface area (Å²) in [6.45, 7) is 4.22. The fourth-order valence-corrected chi connectivity index (χ4v) is 2.23. The van der Waals surface area contributed by atoms with Gasteiger partial charge in [0.05, 0.1) is 22.4 Å². The first-order valence-electron chi connectivity index (χ1n) is 5.68. The van der Waals surface area contributed by atoms with E-state index < -0.39 is 0 Å². The van der Waals surface area contributed by atoms with E-state index in [-0.39, 0.29) is 10.8 Å². The van der Waals surface area contributed by atoms with E-state index in [4.69, 9.17) is 18.0 Å². The van der Waals surface area contributed by atoms with Gasteiger partial charge in [0, 0.05) is 11.1 Å². The lowest BCUT2D eigenvalue weighted by Gasteiger charge is -2.07. The number of aryl methyl sites for hydroxylation is 1. The van der Waals surface area contributed by atoms with Gasteiger partial charge in [0.1, 0.15) is 10.8 Å². The third kappa shape index (κ3) is 2.84. The summed E-state index contributed by atoms with van der Waals surface area (Å²) in [5.41, 5.74) is 8.42. The zero-order valence-corrected chi connectivity index (χ0v) is 13.0. The lowest BCUT2D eigenvalue weighted by Crippen LogP contribution is -2.11. The Morgan fingerprint density at radius 2 is 2.16 bits per heavy atom. The minimum atomic E-state index is -0.325. The molecule has 0 aliphatic rings. The van der Waals surface area contributed by atoms with Gasteiger partial charge in [0.2, 0.25) is 0 Å². The third-order valence-electron chi connectivity index (χ3n) is 2.95. The molecule has 0 bridgehead atoms. The second-order valence-electron chi connectivity index (χ2n) is 4.31. The standard InChI is InChI=1S/C13H13BrFN3S/c1-7-12(14)8(2)18(17-7)6-10-4-3-9(13(16)19)5-11(10)15/h3-5H,6H2,1-2H3,(H2,16,19). The molecule has 1 aromatic heterocycles. The van der Waals surface area contributed by atoms with Gasteiger partial charge in [-0.1, -0.05) is 24.4 Å². The molecule has 0 radical (unpaired) electrons. The Kier molecular flexibility index (Phi) is 4.01. The van der Waals surface area contributed by atoms with Crippen molar-refractivity contribution in [2.75, 3.05) is 0 Å². The molecule has 0 amide bonds. The predicted molar refractivity (Wildman–Crippen MR) is 80.8 cm³/mol. The van der Waals surface area contributed by atoms with Crippen molar-refractivity contribution in [3.8, 4) is 0 Å². The maximum Gasteiger partial charge on any atom is 0.128 e. The zero-order valence-electron chi connectivity index (χ0n) is 10.6. The summed E-state index contributed by atoms with van der Waals surface area (Å²) in [7, 11) is 0. The largest absolute Gasteiger partial charge is 0.389 e. The highest BCUT2D eigenvalue weighted by molar-refractivity contribution is 9.10. The molecule has 0 fully saturated rings. The van der Waals surface area contributed by atoms with Crippen LogP contribution in [0.1, 0.15) is 22.5 Å². The second-order valence-corrected chi connectivity index (χ2v) is 5.55. The molecule has 0 aliphatic carbocycles. The van der Waals surface area contributed by atoms with Crippen LogP contribution in [0.25, 0.3) is 0 Å². The minimum Gasteiger partial charge on any atom is -0.389 e. The van der Waals surface area contributed by atoms with E-state index in [1.807, 2.05) is 13.8 Å². The van der Waals surface area contributed by atoms with Crippen LogP contribution in [0.3, 0.4) is 0 Å². The summed E-state index contributed by atoms with van der Waals surface area (Å²) >= 11 is 8.28. The van der Waals surface area contributed by atoms with Crippen LogP contribution in [-0.4, -0.2) is 14.8 Å². The molecule has 0 aliphatic heterocycles. The molecule has 1 aromatic carbocycles. The number of aromatic nitrogens is 2. The summed E-state index contributed by atoms with van der Waals surface area (Å²) in [6.07, 6.45) is 0. The molecule has 0 unspecified atom stereocenters. The number of nitrogens with two attached hydrogens (primary N) is 1. The summed E-state index contributed by atoms with van der Waals surface area (Å²) in [5.74, 6) is -0.325. The number of hydrogen-bond donors (Lipinski definition) is 1. The van der Waals surface area contributed by atoms with Crippen molar-refractivity contribution in [2.45, 2.75) is 20.4 Å². The van der Waals surface area contributed by atoms with Crippen molar-refractivity contribution < 1.29 is 4.39 Å². The quantitative estimate of drug-likeness (QED) is 0.872. The molecule has 2 aromatic rings. The Bertz CT molecular complexity index is 652. The van der Waals surface area contributed by atoms with Crippen LogP contribution >= 0.6 is 28.1 Å². The second kappa shape index (κ2) is 5.38. The number of hydrogen-bond acceptors (Lipinski definition) is 2. The summed E-state index contributed by atoms with van der Waals surface area (Å²) < 4.78 is 16.7. The van der Waals surface area contributed by atoms with Crippen molar-refractivity contribution in [3.63, 3.8) is 0 Å². The molecular weight excluding hydrogens is 329 g/mol. The van der Waals surface area contributed by atoms with Crippen LogP contribution < -0.4 is 5.73 Å². The number of benzene rings is 1. The molecule has 1 heterocycles. The van der Waals surface area contributed by atoms with E-state index in [9.17, 15) is 4.39 Å². The molecule has 100 valence electrons. The van der Waals surface area contributed by atoms with Crippen LogP contribution in [-0.2, 0) is 6.54 Å². The van der Waals surface area contributed by atoms with Crippen molar-refractivity contribution in [2.24, 2.45) is 5.73 Å². The topological polar surface area (TPSA) is 43.8 Å². The molecule has 6 heteroatoms. The average molecular weight is 342 g/mol. The Morgan fingerprint density at radius 3 is 2.63 bits per heavy atom. The van der Waals surface area contributed by atoms with Crippen molar-refractivity contribution in [1.82, 2.24) is 9.78 Å². The van der Waals surface area contributed by atoms with Crippen molar-refractivity contribution >= 4 is 33.1 Å². The Hall–Kier alpha value is -1.27. The smallest absolute Gasteiger partial charge is 0.128 e. The summed E-state index contributed by atoms with van der Waals surface area (Å²) in [6, 6.07) is 4.77. The lowest BCUT2D eigenvalue weighted by atomic mass is 10.1. The Labute approximate surface area is 124 Å². The number of nitrogens with zero attached hydrogens (tertiary/aromatic N) is 2. The van der Waals surface area contributed by atoms with Gasteiger partial charge < -0.3 is 5.73 Å². The maximum absolute atomic E-state index is 14.0. The van der Waals surface area contributed by atoms with E-state index >= 15 is 0 Å². The van der Waals surface area contributed by atoms with Gasteiger partial charge in [0.25, 0.3) is 0 Å². The maximum atomic E-state index is 14.0. The van der Waals surface area contributed by atoms with E-state index in [0.29, 0.717) is 17.7 Å². The monoisotopic (exact) mass is 341 g/mol. The van der Waals surface area contributed by atoms with Crippen LogP contribution in [0.4, 0.5) is 4.39 Å². The fraction of sp³-hybridized carbons (Fsp3) is 0.231. The van der Waals surface area contributed by atoms with Gasteiger partial charge in [-0.3, -0.25) is 4.68 Å². The minimum absolute atomic E-state index is 0.194. The average Bonchev–Trinajstić information content (AvgIpc) is 2.59. The predicted octanol–water partition coefficient (Wildman–Crippen LogP) is 3.08. The highest BCUT2D eigenvalue weighted by Crippen LogP contribution is 2.21. The van der Waals surface area contributed by atoms with Crippen LogP contribution in [0.2, 0.25) is 0 Å². The molecule has 2 N–H and O–H groups in total. The van der Waals surface area contributed by atoms with E-state index in [2.05, 4.69) is 21.0 Å². The van der Waals surface area contributed by atoms with E-state index in [1.54, 1.807) is 16.8 Å². The van der Waals surface area contributed by atoms with Gasteiger partial charge in [-0.15, -0.1) is 0 Å². The first kappa shape index (κ1) is 14.1. The normalized spacial score (nSPS) is 10.7. The van der Waals surface area contributed by atoms with E-state index in [1.165, 1.54) is 6.07 Å². The highest BCUT2D eigenvalue weighted by Gasteiger charge is 2.11. The molecule has 0 atom stereocenters.